The van der Waals surface area contributed by atoms with Crippen molar-refractivity contribution >= 4 is 26.8 Å². The molecule has 0 spiro atoms. The molecule has 0 fully saturated rings. The van der Waals surface area contributed by atoms with Gasteiger partial charge in [-0.05, 0) is 6.07 Å². The first-order valence-corrected chi connectivity index (χ1v) is 5.56. The third-order valence-electron chi connectivity index (χ3n) is 2.63. The highest BCUT2D eigenvalue weighted by molar-refractivity contribution is 9.10. The summed E-state index contributed by atoms with van der Waals surface area (Å²) in [4.78, 5) is 27.6. The molecule has 1 aromatic heterocycles. The Hall–Kier alpha value is -1.56. The molecule has 5 nitrogen and oxygen atoms in total. The number of halogens is 1. The fourth-order valence-corrected chi connectivity index (χ4v) is 2.57. The van der Waals surface area contributed by atoms with Gasteiger partial charge >= 0.3 is 5.69 Å². The van der Waals surface area contributed by atoms with Gasteiger partial charge in [-0.3, -0.25) is 9.78 Å². The summed E-state index contributed by atoms with van der Waals surface area (Å²) < 4.78 is 6.30. The first-order chi connectivity index (χ1) is 7.66. The van der Waals surface area contributed by atoms with Crippen LogP contribution in [0.5, 0.6) is 5.75 Å². The number of ether oxygens (including phenoxy) is 1. The predicted molar refractivity (Wildman–Crippen MR) is 62.1 cm³/mol. The molecule has 6 heteroatoms. The minimum Gasteiger partial charge on any atom is -0.492 e. The SMILES string of the molecule is O=c1[nH]c(=O)c2c3c(c(Br)cc2[nH]1)CCO3. The maximum atomic E-state index is 11.7. The molecule has 82 valence electrons. The summed E-state index contributed by atoms with van der Waals surface area (Å²) in [6, 6.07) is 1.74. The van der Waals surface area contributed by atoms with Gasteiger partial charge in [-0.25, -0.2) is 4.79 Å². The lowest BCUT2D eigenvalue weighted by atomic mass is 10.1. The quantitative estimate of drug-likeness (QED) is 0.754. The molecule has 0 bridgehead atoms. The van der Waals surface area contributed by atoms with E-state index in [1.807, 2.05) is 0 Å². The first-order valence-electron chi connectivity index (χ1n) is 4.77. The molecule has 1 aromatic carbocycles. The first kappa shape index (κ1) is 9.65. The Balaban J connectivity index is 2.58. The van der Waals surface area contributed by atoms with Crippen molar-refractivity contribution in [2.24, 2.45) is 0 Å². The zero-order valence-electron chi connectivity index (χ0n) is 8.09. The number of hydrogen-bond donors (Lipinski definition) is 2. The van der Waals surface area contributed by atoms with Crippen LogP contribution in [-0.4, -0.2) is 16.6 Å². The molecule has 2 aromatic rings. The van der Waals surface area contributed by atoms with Gasteiger partial charge in [-0.2, -0.15) is 0 Å². The van der Waals surface area contributed by atoms with Crippen molar-refractivity contribution in [1.82, 2.24) is 9.97 Å². The summed E-state index contributed by atoms with van der Waals surface area (Å²) in [7, 11) is 0. The number of benzene rings is 1. The van der Waals surface area contributed by atoms with Crippen LogP contribution in [0.3, 0.4) is 0 Å². The van der Waals surface area contributed by atoms with E-state index < -0.39 is 11.2 Å². The molecule has 0 amide bonds. The van der Waals surface area contributed by atoms with Gasteiger partial charge in [0.25, 0.3) is 5.56 Å². The maximum Gasteiger partial charge on any atom is 0.326 e. The van der Waals surface area contributed by atoms with Crippen LogP contribution in [0.1, 0.15) is 5.56 Å². The molecule has 16 heavy (non-hydrogen) atoms. The van der Waals surface area contributed by atoms with Crippen LogP contribution >= 0.6 is 15.9 Å². The normalized spacial score (nSPS) is 13.8. The van der Waals surface area contributed by atoms with Crippen molar-refractivity contribution in [1.29, 1.82) is 0 Å². The standard InChI is InChI=1S/C10H7BrN2O3/c11-5-3-6-7(8-4(5)1-2-16-8)9(14)13-10(15)12-6/h3H,1-2H2,(H2,12,13,14,15). The van der Waals surface area contributed by atoms with E-state index in [9.17, 15) is 9.59 Å². The molecule has 0 atom stereocenters. The summed E-state index contributed by atoms with van der Waals surface area (Å²) in [6.07, 6.45) is 0.768. The number of H-pyrrole nitrogens is 2. The Morgan fingerprint density at radius 1 is 1.31 bits per heavy atom. The molecule has 1 aliphatic rings. The Kier molecular flexibility index (Phi) is 1.94. The second kappa shape index (κ2) is 3.21. The van der Waals surface area contributed by atoms with Gasteiger partial charge in [-0.1, -0.05) is 15.9 Å². The minimum atomic E-state index is -0.512. The third-order valence-corrected chi connectivity index (χ3v) is 3.34. The van der Waals surface area contributed by atoms with Crippen LogP contribution in [-0.2, 0) is 6.42 Å². The monoisotopic (exact) mass is 282 g/mol. The molecule has 0 unspecified atom stereocenters. The van der Waals surface area contributed by atoms with Crippen molar-refractivity contribution in [3.05, 3.63) is 36.9 Å². The summed E-state index contributed by atoms with van der Waals surface area (Å²) in [5, 5.41) is 0.412. The topological polar surface area (TPSA) is 75.0 Å². The molecule has 2 N–H and O–H groups in total. The molecule has 3 rings (SSSR count). The zero-order chi connectivity index (χ0) is 11.3. The van der Waals surface area contributed by atoms with Gasteiger partial charge < -0.3 is 9.72 Å². The van der Waals surface area contributed by atoms with Gasteiger partial charge in [0, 0.05) is 16.5 Å². The second-order valence-electron chi connectivity index (χ2n) is 3.60. The highest BCUT2D eigenvalue weighted by atomic mass is 79.9. The van der Waals surface area contributed by atoms with E-state index in [4.69, 9.17) is 4.74 Å². The highest BCUT2D eigenvalue weighted by Crippen LogP contribution is 2.36. The largest absolute Gasteiger partial charge is 0.492 e. The van der Waals surface area contributed by atoms with E-state index in [2.05, 4.69) is 25.9 Å². The number of nitrogens with one attached hydrogen (secondary N) is 2. The molecule has 1 aliphatic heterocycles. The lowest BCUT2D eigenvalue weighted by molar-refractivity contribution is 0.360. The number of aromatic amines is 2. The number of fused-ring (bicyclic) bond motifs is 3. The lowest BCUT2D eigenvalue weighted by Crippen LogP contribution is -2.22. The Morgan fingerprint density at radius 3 is 2.94 bits per heavy atom. The number of rotatable bonds is 0. The molecular formula is C10H7BrN2O3. The summed E-state index contributed by atoms with van der Waals surface area (Å²) in [5.74, 6) is 0.571. The van der Waals surface area contributed by atoms with Crippen molar-refractivity contribution < 1.29 is 4.74 Å². The zero-order valence-corrected chi connectivity index (χ0v) is 9.68. The summed E-state index contributed by atoms with van der Waals surface area (Å²) >= 11 is 3.40. The Labute approximate surface area is 97.6 Å². The van der Waals surface area contributed by atoms with Crippen LogP contribution in [0.15, 0.2) is 20.1 Å². The van der Waals surface area contributed by atoms with Crippen LogP contribution in [0.4, 0.5) is 0 Å². The maximum absolute atomic E-state index is 11.7. The second-order valence-corrected chi connectivity index (χ2v) is 4.45. The van der Waals surface area contributed by atoms with Gasteiger partial charge in [0.1, 0.15) is 11.1 Å². The van der Waals surface area contributed by atoms with Gasteiger partial charge in [0.05, 0.1) is 12.1 Å². The van der Waals surface area contributed by atoms with Crippen molar-refractivity contribution in [2.45, 2.75) is 6.42 Å². The van der Waals surface area contributed by atoms with E-state index >= 15 is 0 Å². The number of aromatic nitrogens is 2. The van der Waals surface area contributed by atoms with Crippen LogP contribution in [0.25, 0.3) is 10.9 Å². The van der Waals surface area contributed by atoms with E-state index in [0.29, 0.717) is 23.3 Å². The minimum absolute atomic E-state index is 0.412. The highest BCUT2D eigenvalue weighted by Gasteiger charge is 2.21. The molecular weight excluding hydrogens is 276 g/mol. The van der Waals surface area contributed by atoms with Gasteiger partial charge in [-0.15, -0.1) is 0 Å². The molecule has 0 aliphatic carbocycles. The molecule has 2 heterocycles. The molecule has 0 radical (unpaired) electrons. The average Bonchev–Trinajstić information content (AvgIpc) is 2.65. The smallest absolute Gasteiger partial charge is 0.326 e. The fourth-order valence-electron chi connectivity index (χ4n) is 1.96. The van der Waals surface area contributed by atoms with Crippen molar-refractivity contribution in [3.8, 4) is 5.75 Å². The van der Waals surface area contributed by atoms with Crippen LogP contribution in [0, 0.1) is 0 Å². The van der Waals surface area contributed by atoms with Gasteiger partial charge in [0.15, 0.2) is 0 Å². The Morgan fingerprint density at radius 2 is 2.12 bits per heavy atom. The lowest BCUT2D eigenvalue weighted by Gasteiger charge is -2.05. The molecule has 0 saturated heterocycles. The third kappa shape index (κ3) is 1.23. The van der Waals surface area contributed by atoms with Crippen LogP contribution in [0.2, 0.25) is 0 Å². The summed E-state index contributed by atoms with van der Waals surface area (Å²) in [5.41, 5.74) is 0.540. The van der Waals surface area contributed by atoms with Gasteiger partial charge in [0.2, 0.25) is 0 Å². The Bertz CT molecular complexity index is 702. The van der Waals surface area contributed by atoms with Crippen molar-refractivity contribution in [3.63, 3.8) is 0 Å². The van der Waals surface area contributed by atoms with E-state index in [0.717, 1.165) is 16.5 Å². The van der Waals surface area contributed by atoms with E-state index in [1.54, 1.807) is 6.07 Å². The van der Waals surface area contributed by atoms with E-state index in [1.165, 1.54) is 0 Å². The molecule has 0 saturated carbocycles. The van der Waals surface area contributed by atoms with E-state index in [-0.39, 0.29) is 0 Å². The van der Waals surface area contributed by atoms with Crippen LogP contribution < -0.4 is 16.0 Å². The number of hydrogen-bond acceptors (Lipinski definition) is 3. The summed E-state index contributed by atoms with van der Waals surface area (Å²) in [6.45, 7) is 0.561. The average molecular weight is 283 g/mol. The van der Waals surface area contributed by atoms with Crippen molar-refractivity contribution in [2.75, 3.05) is 6.61 Å². The predicted octanol–water partition coefficient (Wildman–Crippen LogP) is 0.914. The fraction of sp³-hybridized carbons (Fsp3) is 0.200.